The topological polar surface area (TPSA) is 101 Å². The van der Waals surface area contributed by atoms with Gasteiger partial charge in [0.15, 0.2) is 5.82 Å². The van der Waals surface area contributed by atoms with Crippen LogP contribution >= 0.6 is 0 Å². The minimum Gasteiger partial charge on any atom is -0.378 e. The zero-order chi connectivity index (χ0) is 17.9. The van der Waals surface area contributed by atoms with Crippen molar-refractivity contribution in [3.8, 4) is 11.5 Å². The zero-order valence-corrected chi connectivity index (χ0v) is 14.5. The van der Waals surface area contributed by atoms with Crippen molar-refractivity contribution in [1.29, 1.82) is 0 Å². The number of carbonyl (C=O) groups is 1. The maximum absolute atomic E-state index is 12.5. The molecule has 0 radical (unpaired) electrons. The third-order valence-electron chi connectivity index (χ3n) is 4.93. The molecular formula is C18H21N5O3. The standard InChI is InChI=1S/C18H21N5O3/c24-16(4-3-12-2-1-9-26-12)23-8-5-14-13(11-23)18(25)22-17(21-14)15-10-19-6-7-20-15/h6-7,10,12H,1-5,8-9,11H2,(H,21,22,25)/t12-/m0/s1. The molecule has 0 spiro atoms. The lowest BCUT2D eigenvalue weighted by Gasteiger charge is -2.28. The van der Waals surface area contributed by atoms with E-state index in [9.17, 15) is 9.59 Å². The molecule has 0 aliphatic carbocycles. The predicted molar refractivity (Wildman–Crippen MR) is 93.2 cm³/mol. The monoisotopic (exact) mass is 355 g/mol. The molecule has 4 heterocycles. The highest BCUT2D eigenvalue weighted by Crippen LogP contribution is 2.20. The van der Waals surface area contributed by atoms with E-state index in [0.29, 0.717) is 43.0 Å². The Kier molecular flexibility index (Phi) is 4.75. The molecule has 1 saturated heterocycles. The number of aromatic nitrogens is 4. The van der Waals surface area contributed by atoms with E-state index in [4.69, 9.17) is 4.74 Å². The Labute approximate surface area is 150 Å². The Balaban J connectivity index is 1.46. The van der Waals surface area contributed by atoms with Crippen LogP contribution in [0.25, 0.3) is 11.5 Å². The van der Waals surface area contributed by atoms with Crippen LogP contribution in [0.1, 0.15) is 36.9 Å². The SMILES string of the molecule is O=C(CC[C@@H]1CCCO1)N1CCc2nc(-c3cnccn3)[nH]c(=O)c2C1. The van der Waals surface area contributed by atoms with Gasteiger partial charge in [-0.05, 0) is 19.3 Å². The predicted octanol–water partition coefficient (Wildman–Crippen LogP) is 1.07. The number of nitrogens with one attached hydrogen (secondary N) is 1. The molecule has 2 aromatic heterocycles. The lowest BCUT2D eigenvalue weighted by molar-refractivity contribution is -0.132. The summed E-state index contributed by atoms with van der Waals surface area (Å²) in [4.78, 5) is 42.2. The van der Waals surface area contributed by atoms with Crippen molar-refractivity contribution in [1.82, 2.24) is 24.8 Å². The summed E-state index contributed by atoms with van der Waals surface area (Å²) < 4.78 is 5.57. The lowest BCUT2D eigenvalue weighted by atomic mass is 10.1. The number of hydrogen-bond acceptors (Lipinski definition) is 6. The molecular weight excluding hydrogens is 334 g/mol. The number of H-pyrrole nitrogens is 1. The molecule has 0 bridgehead atoms. The van der Waals surface area contributed by atoms with E-state index in [2.05, 4.69) is 19.9 Å². The van der Waals surface area contributed by atoms with Crippen LogP contribution < -0.4 is 5.56 Å². The van der Waals surface area contributed by atoms with E-state index >= 15 is 0 Å². The molecule has 1 fully saturated rings. The van der Waals surface area contributed by atoms with Crippen LogP contribution in [0, 0.1) is 0 Å². The highest BCUT2D eigenvalue weighted by molar-refractivity contribution is 5.76. The number of carbonyl (C=O) groups excluding carboxylic acids is 1. The fourth-order valence-electron chi connectivity index (χ4n) is 3.50. The van der Waals surface area contributed by atoms with Crippen molar-refractivity contribution in [2.75, 3.05) is 13.2 Å². The third kappa shape index (κ3) is 3.50. The van der Waals surface area contributed by atoms with Crippen LogP contribution in [0.2, 0.25) is 0 Å². The first-order valence-electron chi connectivity index (χ1n) is 8.98. The lowest BCUT2D eigenvalue weighted by Crippen LogP contribution is -2.39. The van der Waals surface area contributed by atoms with E-state index in [1.54, 1.807) is 23.5 Å². The van der Waals surface area contributed by atoms with Crippen molar-refractivity contribution in [3.63, 3.8) is 0 Å². The Morgan fingerprint density at radius 2 is 2.31 bits per heavy atom. The molecule has 8 heteroatoms. The average Bonchev–Trinajstić information content (AvgIpc) is 3.20. The second kappa shape index (κ2) is 7.33. The Morgan fingerprint density at radius 1 is 1.38 bits per heavy atom. The molecule has 8 nitrogen and oxygen atoms in total. The maximum atomic E-state index is 12.5. The average molecular weight is 355 g/mol. The Bertz CT molecular complexity index is 846. The van der Waals surface area contributed by atoms with Gasteiger partial charge in [-0.2, -0.15) is 0 Å². The molecule has 4 rings (SSSR count). The van der Waals surface area contributed by atoms with E-state index in [1.165, 1.54) is 0 Å². The van der Waals surface area contributed by atoms with Crippen molar-refractivity contribution in [2.45, 2.75) is 44.8 Å². The molecule has 0 saturated carbocycles. The second-order valence-corrected chi connectivity index (χ2v) is 6.67. The molecule has 0 aromatic carbocycles. The quantitative estimate of drug-likeness (QED) is 0.880. The molecule has 2 aromatic rings. The number of aromatic amines is 1. The van der Waals surface area contributed by atoms with Crippen molar-refractivity contribution in [3.05, 3.63) is 40.2 Å². The minimum absolute atomic E-state index is 0.0727. The van der Waals surface area contributed by atoms with Gasteiger partial charge in [0, 0.05) is 38.4 Å². The van der Waals surface area contributed by atoms with Crippen LogP contribution in [0.3, 0.4) is 0 Å². The van der Waals surface area contributed by atoms with Crippen molar-refractivity contribution >= 4 is 5.91 Å². The fourth-order valence-corrected chi connectivity index (χ4v) is 3.50. The van der Waals surface area contributed by atoms with Crippen LogP contribution in [0.5, 0.6) is 0 Å². The first-order chi connectivity index (χ1) is 12.7. The molecule has 1 N–H and O–H groups in total. The Hall–Kier alpha value is -2.61. The number of amides is 1. The summed E-state index contributed by atoms with van der Waals surface area (Å²) in [5.41, 5.74) is 1.61. The number of fused-ring (bicyclic) bond motifs is 1. The van der Waals surface area contributed by atoms with Gasteiger partial charge in [-0.3, -0.25) is 14.6 Å². The Morgan fingerprint density at radius 3 is 3.08 bits per heavy atom. The highest BCUT2D eigenvalue weighted by Gasteiger charge is 2.26. The summed E-state index contributed by atoms with van der Waals surface area (Å²) in [6.07, 6.45) is 8.79. The van der Waals surface area contributed by atoms with Gasteiger partial charge in [-0.15, -0.1) is 0 Å². The van der Waals surface area contributed by atoms with Gasteiger partial charge >= 0.3 is 0 Å². The fraction of sp³-hybridized carbons (Fsp3) is 0.500. The summed E-state index contributed by atoms with van der Waals surface area (Å²) in [6.45, 7) is 1.68. The van der Waals surface area contributed by atoms with Gasteiger partial charge in [0.05, 0.1) is 30.1 Å². The molecule has 1 atom stereocenters. The van der Waals surface area contributed by atoms with Crippen LogP contribution in [0.15, 0.2) is 23.4 Å². The number of ether oxygens (including phenoxy) is 1. The van der Waals surface area contributed by atoms with Gasteiger partial charge in [0.25, 0.3) is 5.56 Å². The van der Waals surface area contributed by atoms with Crippen LogP contribution in [-0.4, -0.2) is 50.0 Å². The third-order valence-corrected chi connectivity index (χ3v) is 4.93. The first kappa shape index (κ1) is 16.8. The van der Waals surface area contributed by atoms with Gasteiger partial charge < -0.3 is 14.6 Å². The van der Waals surface area contributed by atoms with Crippen LogP contribution in [0.4, 0.5) is 0 Å². The summed E-state index contributed by atoms with van der Waals surface area (Å²) >= 11 is 0. The van der Waals surface area contributed by atoms with Gasteiger partial charge in [-0.1, -0.05) is 0 Å². The summed E-state index contributed by atoms with van der Waals surface area (Å²) in [6, 6.07) is 0. The largest absolute Gasteiger partial charge is 0.378 e. The number of nitrogens with zero attached hydrogens (tertiary/aromatic N) is 4. The molecule has 0 unspecified atom stereocenters. The second-order valence-electron chi connectivity index (χ2n) is 6.67. The number of rotatable bonds is 4. The zero-order valence-electron chi connectivity index (χ0n) is 14.5. The van der Waals surface area contributed by atoms with Gasteiger partial charge in [0.2, 0.25) is 5.91 Å². The maximum Gasteiger partial charge on any atom is 0.256 e. The first-order valence-corrected chi connectivity index (χ1v) is 8.98. The summed E-state index contributed by atoms with van der Waals surface area (Å²) in [5, 5.41) is 0. The van der Waals surface area contributed by atoms with Crippen molar-refractivity contribution in [2.24, 2.45) is 0 Å². The smallest absolute Gasteiger partial charge is 0.256 e. The molecule has 2 aliphatic rings. The minimum atomic E-state index is -0.215. The van der Waals surface area contributed by atoms with Crippen molar-refractivity contribution < 1.29 is 9.53 Å². The molecule has 26 heavy (non-hydrogen) atoms. The van der Waals surface area contributed by atoms with Gasteiger partial charge in [0.1, 0.15) is 5.69 Å². The van der Waals surface area contributed by atoms with E-state index in [1.807, 2.05) is 0 Å². The molecule has 2 aliphatic heterocycles. The van der Waals surface area contributed by atoms with E-state index < -0.39 is 0 Å². The summed E-state index contributed by atoms with van der Waals surface area (Å²) in [7, 11) is 0. The summed E-state index contributed by atoms with van der Waals surface area (Å²) in [5.74, 6) is 0.489. The molecule has 1 amide bonds. The van der Waals surface area contributed by atoms with E-state index in [0.717, 1.165) is 31.6 Å². The number of hydrogen-bond donors (Lipinski definition) is 1. The van der Waals surface area contributed by atoms with E-state index in [-0.39, 0.29) is 17.6 Å². The normalized spacial score (nSPS) is 19.4. The van der Waals surface area contributed by atoms with Gasteiger partial charge in [-0.25, -0.2) is 9.97 Å². The van der Waals surface area contributed by atoms with Crippen LogP contribution in [-0.2, 0) is 22.5 Å². The molecule has 136 valence electrons. The highest BCUT2D eigenvalue weighted by atomic mass is 16.5.